The number of hydrogen-bond donors (Lipinski definition) is 1. The van der Waals surface area contributed by atoms with Crippen molar-refractivity contribution >= 4 is 33.9 Å². The van der Waals surface area contributed by atoms with Crippen molar-refractivity contribution in [1.82, 2.24) is 4.98 Å². The molecule has 2 nitrogen and oxygen atoms in total. The predicted molar refractivity (Wildman–Crippen MR) is 79.4 cm³/mol. The lowest BCUT2D eigenvalue weighted by Crippen LogP contribution is -2.01. The first kappa shape index (κ1) is 13.0. The van der Waals surface area contributed by atoms with Crippen LogP contribution in [0.1, 0.15) is 27.2 Å². The van der Waals surface area contributed by atoms with Gasteiger partial charge in [-0.2, -0.15) is 0 Å². The molecule has 2 rings (SSSR count). The number of benzene rings is 1. The molecule has 0 saturated heterocycles. The van der Waals surface area contributed by atoms with E-state index < -0.39 is 6.10 Å². The van der Waals surface area contributed by atoms with Gasteiger partial charge in [-0.3, -0.25) is 0 Å². The molecule has 1 aromatic heterocycles. The van der Waals surface area contributed by atoms with E-state index in [0.717, 1.165) is 19.8 Å². The van der Waals surface area contributed by atoms with Gasteiger partial charge in [-0.15, -0.1) is 11.3 Å². The van der Waals surface area contributed by atoms with Gasteiger partial charge in [0.05, 0.1) is 16.8 Å². The topological polar surface area (TPSA) is 33.1 Å². The monoisotopic (exact) mass is 359 g/mol. The van der Waals surface area contributed by atoms with Crippen LogP contribution in [0.4, 0.5) is 0 Å². The van der Waals surface area contributed by atoms with Crippen LogP contribution in [-0.4, -0.2) is 10.1 Å². The largest absolute Gasteiger partial charge is 0.388 e. The van der Waals surface area contributed by atoms with Gasteiger partial charge in [-0.05, 0) is 54.1 Å². The van der Waals surface area contributed by atoms with Crippen molar-refractivity contribution in [1.29, 1.82) is 0 Å². The molecule has 0 bridgehead atoms. The van der Waals surface area contributed by atoms with E-state index in [9.17, 15) is 5.11 Å². The summed E-state index contributed by atoms with van der Waals surface area (Å²) in [6.45, 7) is 4.07. The van der Waals surface area contributed by atoms with E-state index in [1.54, 1.807) is 11.3 Å². The Morgan fingerprint density at radius 1 is 1.41 bits per heavy atom. The number of hydrogen-bond acceptors (Lipinski definition) is 3. The fourth-order valence-electron chi connectivity index (χ4n) is 1.62. The second-order valence-corrected chi connectivity index (χ2v) is 6.56. The highest BCUT2D eigenvalue weighted by atomic mass is 127. The first-order valence-corrected chi connectivity index (χ1v) is 7.32. The molecular weight excluding hydrogens is 345 g/mol. The Labute approximate surface area is 119 Å². The standard InChI is InChI=1S/C13H14INOS/c1-8-9(2)17-13(15-8)7-12(16)10-4-3-5-11(14)6-10/h3-6,12,16H,7H2,1-2H3. The van der Waals surface area contributed by atoms with Crippen molar-refractivity contribution in [2.24, 2.45) is 0 Å². The molecule has 0 aliphatic carbocycles. The van der Waals surface area contributed by atoms with Crippen molar-refractivity contribution in [2.45, 2.75) is 26.4 Å². The third-order valence-electron chi connectivity index (χ3n) is 2.67. The average molecular weight is 359 g/mol. The molecule has 1 atom stereocenters. The van der Waals surface area contributed by atoms with Crippen LogP contribution in [0.15, 0.2) is 24.3 Å². The molecule has 0 saturated carbocycles. The van der Waals surface area contributed by atoms with E-state index in [-0.39, 0.29) is 0 Å². The molecule has 0 aliphatic heterocycles. The fourth-order valence-corrected chi connectivity index (χ4v) is 3.16. The van der Waals surface area contributed by atoms with Crippen molar-refractivity contribution in [2.75, 3.05) is 0 Å². The van der Waals surface area contributed by atoms with Crippen molar-refractivity contribution in [3.8, 4) is 0 Å². The van der Waals surface area contributed by atoms with Crippen LogP contribution in [0.2, 0.25) is 0 Å². The highest BCUT2D eigenvalue weighted by Gasteiger charge is 2.12. The number of aromatic nitrogens is 1. The smallest absolute Gasteiger partial charge is 0.0960 e. The molecule has 90 valence electrons. The Morgan fingerprint density at radius 3 is 2.76 bits per heavy atom. The first-order valence-electron chi connectivity index (χ1n) is 5.42. The predicted octanol–water partition coefficient (Wildman–Crippen LogP) is 3.64. The summed E-state index contributed by atoms with van der Waals surface area (Å²) in [6, 6.07) is 7.96. The molecule has 17 heavy (non-hydrogen) atoms. The maximum atomic E-state index is 10.2. The number of aliphatic hydroxyl groups excluding tert-OH is 1. The minimum atomic E-state index is -0.463. The van der Waals surface area contributed by atoms with Gasteiger partial charge in [0.1, 0.15) is 0 Å². The second-order valence-electron chi connectivity index (χ2n) is 4.02. The van der Waals surface area contributed by atoms with Gasteiger partial charge in [0.15, 0.2) is 0 Å². The van der Waals surface area contributed by atoms with Crippen LogP contribution < -0.4 is 0 Å². The molecule has 1 unspecified atom stereocenters. The molecule has 0 spiro atoms. The summed E-state index contributed by atoms with van der Waals surface area (Å²) in [6.07, 6.45) is 0.133. The van der Waals surface area contributed by atoms with E-state index in [4.69, 9.17) is 0 Å². The number of rotatable bonds is 3. The van der Waals surface area contributed by atoms with E-state index in [0.29, 0.717) is 6.42 Å². The van der Waals surface area contributed by atoms with Crippen LogP contribution >= 0.6 is 33.9 Å². The molecule has 1 aromatic carbocycles. The number of aryl methyl sites for hydroxylation is 2. The van der Waals surface area contributed by atoms with Crippen LogP contribution in [0.5, 0.6) is 0 Å². The molecule has 0 aliphatic rings. The van der Waals surface area contributed by atoms with E-state index >= 15 is 0 Å². The van der Waals surface area contributed by atoms with Crippen LogP contribution in [0.25, 0.3) is 0 Å². The summed E-state index contributed by atoms with van der Waals surface area (Å²) in [5.74, 6) is 0. The molecule has 0 radical (unpaired) electrons. The lowest BCUT2D eigenvalue weighted by molar-refractivity contribution is 0.178. The Morgan fingerprint density at radius 2 is 2.18 bits per heavy atom. The van der Waals surface area contributed by atoms with Gasteiger partial charge < -0.3 is 5.11 Å². The maximum Gasteiger partial charge on any atom is 0.0960 e. The first-order chi connectivity index (χ1) is 8.06. The Kier molecular flexibility index (Phi) is 4.17. The third kappa shape index (κ3) is 3.26. The molecule has 1 heterocycles. The highest BCUT2D eigenvalue weighted by molar-refractivity contribution is 14.1. The van der Waals surface area contributed by atoms with Crippen LogP contribution in [-0.2, 0) is 6.42 Å². The Bertz CT molecular complexity index is 504. The number of thiazole rings is 1. The van der Waals surface area contributed by atoms with Crippen molar-refractivity contribution in [3.63, 3.8) is 0 Å². The van der Waals surface area contributed by atoms with E-state index in [1.165, 1.54) is 4.88 Å². The van der Waals surface area contributed by atoms with E-state index in [2.05, 4.69) is 34.5 Å². The number of halogens is 1. The quantitative estimate of drug-likeness (QED) is 0.849. The van der Waals surface area contributed by atoms with Gasteiger partial charge in [0.2, 0.25) is 0 Å². The molecule has 1 N–H and O–H groups in total. The minimum Gasteiger partial charge on any atom is -0.388 e. The maximum absolute atomic E-state index is 10.2. The van der Waals surface area contributed by atoms with Gasteiger partial charge in [-0.1, -0.05) is 12.1 Å². The lowest BCUT2D eigenvalue weighted by atomic mass is 10.1. The third-order valence-corrected chi connectivity index (χ3v) is 4.44. The molecular formula is C13H14INOS. The molecule has 4 heteroatoms. The SMILES string of the molecule is Cc1nc(CC(O)c2cccc(I)c2)sc1C. The van der Waals surface area contributed by atoms with Gasteiger partial charge in [0, 0.05) is 14.9 Å². The molecule has 0 fully saturated rings. The average Bonchev–Trinajstić information content (AvgIpc) is 2.58. The zero-order valence-corrected chi connectivity index (χ0v) is 12.7. The number of aliphatic hydroxyl groups is 1. The van der Waals surface area contributed by atoms with Crippen molar-refractivity contribution in [3.05, 3.63) is 49.0 Å². The zero-order valence-electron chi connectivity index (χ0n) is 9.77. The summed E-state index contributed by atoms with van der Waals surface area (Å²) in [5, 5.41) is 11.2. The summed E-state index contributed by atoms with van der Waals surface area (Å²) in [4.78, 5) is 5.69. The summed E-state index contributed by atoms with van der Waals surface area (Å²) in [7, 11) is 0. The Hall–Kier alpha value is -0.460. The summed E-state index contributed by atoms with van der Waals surface area (Å²) < 4.78 is 1.14. The highest BCUT2D eigenvalue weighted by Crippen LogP contribution is 2.24. The van der Waals surface area contributed by atoms with Crippen LogP contribution in [0.3, 0.4) is 0 Å². The van der Waals surface area contributed by atoms with Gasteiger partial charge >= 0.3 is 0 Å². The lowest BCUT2D eigenvalue weighted by Gasteiger charge is -2.09. The van der Waals surface area contributed by atoms with Crippen molar-refractivity contribution < 1.29 is 5.11 Å². The van der Waals surface area contributed by atoms with Gasteiger partial charge in [0.25, 0.3) is 0 Å². The normalized spacial score (nSPS) is 12.7. The molecule has 0 amide bonds. The van der Waals surface area contributed by atoms with E-state index in [1.807, 2.05) is 31.2 Å². The second kappa shape index (κ2) is 5.46. The summed E-state index contributed by atoms with van der Waals surface area (Å²) in [5.41, 5.74) is 2.03. The number of nitrogens with zero attached hydrogens (tertiary/aromatic N) is 1. The Balaban J connectivity index is 2.14. The zero-order chi connectivity index (χ0) is 12.4. The van der Waals surface area contributed by atoms with Gasteiger partial charge in [-0.25, -0.2) is 4.98 Å². The summed E-state index contributed by atoms with van der Waals surface area (Å²) >= 11 is 3.92. The van der Waals surface area contributed by atoms with Crippen LogP contribution in [0, 0.1) is 17.4 Å². The fraction of sp³-hybridized carbons (Fsp3) is 0.308. The minimum absolute atomic E-state index is 0.463. The molecule has 2 aromatic rings.